The molecule has 38 heavy (non-hydrogen) atoms. The van der Waals surface area contributed by atoms with Gasteiger partial charge in [0.2, 0.25) is 0 Å². The van der Waals surface area contributed by atoms with Crippen LogP contribution in [0.15, 0.2) is 66.4 Å². The van der Waals surface area contributed by atoms with E-state index in [1.165, 1.54) is 11.3 Å². The molecule has 10 nitrogen and oxygen atoms in total. The number of thiophene rings is 1. The van der Waals surface area contributed by atoms with Crippen molar-refractivity contribution in [2.75, 3.05) is 36.4 Å². The molecule has 4 heterocycles. The molecule has 0 bridgehead atoms. The van der Waals surface area contributed by atoms with Crippen LogP contribution in [-0.2, 0) is 4.74 Å². The number of para-hydroxylation sites is 1. The van der Waals surface area contributed by atoms with Crippen molar-refractivity contribution in [3.63, 3.8) is 0 Å². The monoisotopic (exact) mass is 531 g/mol. The first-order valence-electron chi connectivity index (χ1n) is 12.3. The normalized spacial score (nSPS) is 13.9. The third-order valence-corrected chi connectivity index (χ3v) is 6.75. The van der Waals surface area contributed by atoms with E-state index in [2.05, 4.69) is 25.3 Å². The minimum atomic E-state index is -0.523. The lowest BCUT2D eigenvalue weighted by molar-refractivity contribution is 0.0240. The van der Waals surface area contributed by atoms with Gasteiger partial charge >= 0.3 is 6.09 Å². The van der Waals surface area contributed by atoms with Gasteiger partial charge in [0, 0.05) is 32.4 Å². The fraction of sp³-hybridized carbons (Fsp3) is 0.296. The van der Waals surface area contributed by atoms with E-state index in [1.807, 2.05) is 68.6 Å². The van der Waals surface area contributed by atoms with E-state index in [4.69, 9.17) is 4.74 Å². The quantitative estimate of drug-likeness (QED) is 0.398. The second-order valence-electron chi connectivity index (χ2n) is 9.82. The summed E-state index contributed by atoms with van der Waals surface area (Å²) >= 11 is 1.52. The molecular formula is C27H29N7O3S. The van der Waals surface area contributed by atoms with Crippen LogP contribution in [0.1, 0.15) is 31.1 Å². The molecule has 0 atom stereocenters. The van der Waals surface area contributed by atoms with Crippen molar-refractivity contribution in [2.24, 2.45) is 0 Å². The fourth-order valence-electron chi connectivity index (χ4n) is 4.03. The Kier molecular flexibility index (Phi) is 7.10. The first-order chi connectivity index (χ1) is 18.3. The van der Waals surface area contributed by atoms with Gasteiger partial charge in [-0.15, -0.1) is 11.3 Å². The van der Waals surface area contributed by atoms with E-state index in [9.17, 15) is 9.59 Å². The highest BCUT2D eigenvalue weighted by atomic mass is 32.1. The highest BCUT2D eigenvalue weighted by Gasteiger charge is 2.26. The van der Waals surface area contributed by atoms with Gasteiger partial charge in [0.1, 0.15) is 17.1 Å². The second-order valence-corrected chi connectivity index (χ2v) is 10.8. The van der Waals surface area contributed by atoms with Crippen LogP contribution in [0, 0.1) is 0 Å². The molecule has 4 aromatic rings. The lowest BCUT2D eigenvalue weighted by Gasteiger charge is -2.36. The lowest BCUT2D eigenvalue weighted by atomic mass is 10.2. The van der Waals surface area contributed by atoms with Crippen molar-refractivity contribution >= 4 is 35.0 Å². The van der Waals surface area contributed by atoms with Gasteiger partial charge in [-0.1, -0.05) is 24.3 Å². The number of nitrogens with one attached hydrogen (secondary N) is 1. The third kappa shape index (κ3) is 5.83. The Hall–Kier alpha value is -4.25. The Morgan fingerprint density at radius 3 is 2.37 bits per heavy atom. The molecule has 11 heteroatoms. The summed E-state index contributed by atoms with van der Waals surface area (Å²) < 4.78 is 7.16. The summed E-state index contributed by atoms with van der Waals surface area (Å²) in [6, 6.07) is 13.5. The Morgan fingerprint density at radius 1 is 0.974 bits per heavy atom. The number of benzene rings is 1. The van der Waals surface area contributed by atoms with Gasteiger partial charge in [0.05, 0.1) is 28.5 Å². The Labute approximate surface area is 224 Å². The van der Waals surface area contributed by atoms with Crippen molar-refractivity contribution in [3.05, 3.63) is 72.0 Å². The molecule has 1 aliphatic heterocycles. The summed E-state index contributed by atoms with van der Waals surface area (Å²) in [7, 11) is 0. The minimum absolute atomic E-state index is 0.307. The van der Waals surface area contributed by atoms with Crippen LogP contribution in [0.25, 0.3) is 16.3 Å². The summed E-state index contributed by atoms with van der Waals surface area (Å²) in [6.45, 7) is 7.86. The molecule has 1 aliphatic rings. The molecule has 0 radical (unpaired) electrons. The topological polar surface area (TPSA) is 105 Å². The van der Waals surface area contributed by atoms with Gasteiger partial charge in [0.15, 0.2) is 5.82 Å². The number of nitrogens with zero attached hydrogens (tertiary/aromatic N) is 6. The number of carbonyl (C=O) groups is 2. The summed E-state index contributed by atoms with van der Waals surface area (Å²) in [6.07, 6.45) is 4.59. The molecule has 0 spiro atoms. The maximum atomic E-state index is 13.3. The number of hydrogen-bond donors (Lipinski definition) is 1. The number of hydrogen-bond acceptors (Lipinski definition) is 8. The number of rotatable bonds is 5. The number of anilines is 2. The molecule has 0 unspecified atom stereocenters. The number of amides is 2. The highest BCUT2D eigenvalue weighted by Crippen LogP contribution is 2.28. The van der Waals surface area contributed by atoms with E-state index < -0.39 is 5.60 Å². The first kappa shape index (κ1) is 25.4. The van der Waals surface area contributed by atoms with Crippen LogP contribution in [0.2, 0.25) is 0 Å². The van der Waals surface area contributed by atoms with E-state index >= 15 is 0 Å². The zero-order valence-corrected chi connectivity index (χ0v) is 22.3. The van der Waals surface area contributed by atoms with Crippen LogP contribution in [0.4, 0.5) is 16.4 Å². The SMILES string of the molecule is CC(C)(C)OC(=O)N1CCN(c2cnc(NC(=O)c3cn(-c4ccccc4)nc3-c3cccs3)cn2)CC1. The molecule has 2 amide bonds. The van der Waals surface area contributed by atoms with Crippen LogP contribution in [-0.4, -0.2) is 68.4 Å². The van der Waals surface area contributed by atoms with Crippen molar-refractivity contribution < 1.29 is 14.3 Å². The molecule has 5 rings (SSSR count). The molecule has 3 aromatic heterocycles. The van der Waals surface area contributed by atoms with Crippen LogP contribution < -0.4 is 10.2 Å². The maximum Gasteiger partial charge on any atom is 0.410 e. The Bertz CT molecular complexity index is 1390. The number of aromatic nitrogens is 4. The van der Waals surface area contributed by atoms with E-state index in [0.717, 1.165) is 10.6 Å². The van der Waals surface area contributed by atoms with Gasteiger partial charge in [-0.05, 0) is 44.4 Å². The van der Waals surface area contributed by atoms with Crippen LogP contribution >= 0.6 is 11.3 Å². The second kappa shape index (κ2) is 10.6. The smallest absolute Gasteiger partial charge is 0.410 e. The van der Waals surface area contributed by atoms with Gasteiger partial charge in [-0.2, -0.15) is 5.10 Å². The molecule has 0 aliphatic carbocycles. The van der Waals surface area contributed by atoms with Crippen molar-refractivity contribution in [2.45, 2.75) is 26.4 Å². The van der Waals surface area contributed by atoms with Crippen LogP contribution in [0.5, 0.6) is 0 Å². The molecule has 1 N–H and O–H groups in total. The summed E-state index contributed by atoms with van der Waals surface area (Å²) in [4.78, 5) is 39.2. The van der Waals surface area contributed by atoms with Gasteiger partial charge in [-0.25, -0.2) is 19.4 Å². The van der Waals surface area contributed by atoms with E-state index in [0.29, 0.717) is 49.1 Å². The number of carbonyl (C=O) groups excluding carboxylic acids is 2. The van der Waals surface area contributed by atoms with Gasteiger partial charge in [0.25, 0.3) is 5.91 Å². The average Bonchev–Trinajstić information content (AvgIpc) is 3.59. The number of ether oxygens (including phenoxy) is 1. The summed E-state index contributed by atoms with van der Waals surface area (Å²) in [5.41, 5.74) is 1.39. The predicted molar refractivity (Wildman–Crippen MR) is 147 cm³/mol. The summed E-state index contributed by atoms with van der Waals surface area (Å²) in [5.74, 6) is 0.711. The largest absolute Gasteiger partial charge is 0.444 e. The van der Waals surface area contributed by atoms with Crippen molar-refractivity contribution in [1.29, 1.82) is 0 Å². The molecule has 1 aromatic carbocycles. The molecular weight excluding hydrogens is 502 g/mol. The summed E-state index contributed by atoms with van der Waals surface area (Å²) in [5, 5.41) is 9.49. The lowest BCUT2D eigenvalue weighted by Crippen LogP contribution is -2.50. The van der Waals surface area contributed by atoms with Gasteiger partial charge in [-0.3, -0.25) is 4.79 Å². The molecule has 196 valence electrons. The number of piperazine rings is 1. The predicted octanol–water partition coefficient (Wildman–Crippen LogP) is 4.70. The van der Waals surface area contributed by atoms with E-state index in [1.54, 1.807) is 28.2 Å². The van der Waals surface area contributed by atoms with Crippen molar-refractivity contribution in [3.8, 4) is 16.3 Å². The Morgan fingerprint density at radius 2 is 1.74 bits per heavy atom. The van der Waals surface area contributed by atoms with E-state index in [-0.39, 0.29) is 12.0 Å². The fourth-order valence-corrected chi connectivity index (χ4v) is 4.75. The van der Waals surface area contributed by atoms with Crippen molar-refractivity contribution in [1.82, 2.24) is 24.6 Å². The molecule has 1 fully saturated rings. The molecule has 1 saturated heterocycles. The van der Waals surface area contributed by atoms with Gasteiger partial charge < -0.3 is 19.9 Å². The highest BCUT2D eigenvalue weighted by molar-refractivity contribution is 7.13. The standard InChI is InChI=1S/C27H29N7O3S/c1-27(2,3)37-26(36)33-13-11-32(12-14-33)23-17-28-22(16-29-23)30-25(35)20-18-34(19-8-5-4-6-9-19)31-24(20)21-10-7-15-38-21/h4-10,15-18H,11-14H2,1-3H3,(H,28,30,35). The minimum Gasteiger partial charge on any atom is -0.444 e. The Balaban J connectivity index is 1.26. The third-order valence-electron chi connectivity index (χ3n) is 5.87. The zero-order chi connectivity index (χ0) is 26.7. The average molecular weight is 532 g/mol. The maximum absolute atomic E-state index is 13.3. The zero-order valence-electron chi connectivity index (χ0n) is 21.5. The molecule has 0 saturated carbocycles. The van der Waals surface area contributed by atoms with Crippen LogP contribution in [0.3, 0.4) is 0 Å². The first-order valence-corrected chi connectivity index (χ1v) is 13.2.